The predicted molar refractivity (Wildman–Crippen MR) is 62.5 cm³/mol. The Morgan fingerprint density at radius 2 is 2.00 bits per heavy atom. The van der Waals surface area contributed by atoms with Crippen molar-refractivity contribution >= 4 is 0 Å². The number of unbranched alkanes of at least 4 members (excludes halogenated alkanes) is 1. The third-order valence-electron chi connectivity index (χ3n) is 4.37. The summed E-state index contributed by atoms with van der Waals surface area (Å²) in [5.74, 6) is 0. The maximum Gasteiger partial charge on any atom is 0.102 e. The molecule has 2 saturated heterocycles. The molecule has 5 atom stereocenters. The van der Waals surface area contributed by atoms with Crippen LogP contribution in [-0.4, -0.2) is 68.4 Å². The summed E-state index contributed by atoms with van der Waals surface area (Å²) in [6.45, 7) is 2.62. The predicted octanol–water partition coefficient (Wildman–Crippen LogP) is -0.922. The number of aliphatic hydroxyl groups excluding tert-OH is 4. The van der Waals surface area contributed by atoms with Crippen LogP contribution >= 0.6 is 0 Å². The molecule has 2 aliphatic heterocycles. The fourth-order valence-electron chi connectivity index (χ4n) is 3.45. The van der Waals surface area contributed by atoms with Gasteiger partial charge in [0.1, 0.15) is 6.10 Å². The van der Waals surface area contributed by atoms with Crippen LogP contribution in [0.2, 0.25) is 0 Å². The molecule has 0 radical (unpaired) electrons. The second kappa shape index (κ2) is 4.82. The Morgan fingerprint density at radius 1 is 1.29 bits per heavy atom. The lowest BCUT2D eigenvalue weighted by Gasteiger charge is -2.46. The summed E-state index contributed by atoms with van der Waals surface area (Å²) in [6, 6.07) is -0.229. The first-order chi connectivity index (χ1) is 8.06. The van der Waals surface area contributed by atoms with Crippen molar-refractivity contribution in [2.75, 3.05) is 13.2 Å². The monoisotopic (exact) mass is 245 g/mol. The molecule has 2 rings (SSSR count). The number of piperidine rings is 1. The van der Waals surface area contributed by atoms with Crippen LogP contribution in [0.4, 0.5) is 0 Å². The molecule has 0 aliphatic carbocycles. The molecule has 0 spiro atoms. The molecule has 0 aromatic rings. The van der Waals surface area contributed by atoms with Crippen molar-refractivity contribution in [3.63, 3.8) is 0 Å². The van der Waals surface area contributed by atoms with E-state index in [4.69, 9.17) is 0 Å². The second-order valence-corrected chi connectivity index (χ2v) is 5.41. The fraction of sp³-hybridized carbons (Fsp3) is 1.00. The first-order valence-electron chi connectivity index (χ1n) is 6.48. The van der Waals surface area contributed by atoms with Gasteiger partial charge in [0.05, 0.1) is 24.4 Å². The van der Waals surface area contributed by atoms with E-state index < -0.39 is 23.9 Å². The molecule has 0 saturated carbocycles. The van der Waals surface area contributed by atoms with Crippen LogP contribution in [0.3, 0.4) is 0 Å². The van der Waals surface area contributed by atoms with Crippen LogP contribution in [0.1, 0.15) is 32.6 Å². The molecule has 0 aromatic heterocycles. The van der Waals surface area contributed by atoms with Crippen LogP contribution in [0.25, 0.3) is 0 Å². The highest BCUT2D eigenvalue weighted by atomic mass is 16.3. The van der Waals surface area contributed by atoms with Gasteiger partial charge in [-0.25, -0.2) is 0 Å². The fourth-order valence-corrected chi connectivity index (χ4v) is 3.45. The second-order valence-electron chi connectivity index (χ2n) is 5.41. The largest absolute Gasteiger partial charge is 0.394 e. The average Bonchev–Trinajstić information content (AvgIpc) is 2.44. The molecule has 0 aromatic carbocycles. The Labute approximate surface area is 102 Å². The zero-order chi connectivity index (χ0) is 12.6. The van der Waals surface area contributed by atoms with Crippen LogP contribution < -0.4 is 0 Å². The van der Waals surface area contributed by atoms with Crippen LogP contribution in [0.15, 0.2) is 0 Å². The average molecular weight is 245 g/mol. The number of hydrogen-bond acceptors (Lipinski definition) is 5. The Kier molecular flexibility index (Phi) is 3.75. The van der Waals surface area contributed by atoms with Gasteiger partial charge in [0.2, 0.25) is 0 Å². The van der Waals surface area contributed by atoms with Gasteiger partial charge in [-0.3, -0.25) is 4.90 Å². The van der Waals surface area contributed by atoms with Crippen molar-refractivity contribution in [2.45, 2.75) is 62.5 Å². The molecule has 0 amide bonds. The van der Waals surface area contributed by atoms with Crippen molar-refractivity contribution in [3.8, 4) is 0 Å². The van der Waals surface area contributed by atoms with E-state index in [9.17, 15) is 20.4 Å². The highest BCUT2D eigenvalue weighted by Crippen LogP contribution is 2.44. The Balaban J connectivity index is 2.25. The summed E-state index contributed by atoms with van der Waals surface area (Å²) in [4.78, 5) is 2.01. The SMILES string of the molecule is CCCCN1[C@H]2C[C@@H](O)C[C@]1(CO)[C@H](O)[C@H]2O. The van der Waals surface area contributed by atoms with Crippen LogP contribution in [0, 0.1) is 0 Å². The number of rotatable bonds is 4. The summed E-state index contributed by atoms with van der Waals surface area (Å²) < 4.78 is 0. The first kappa shape index (κ1) is 13.2. The van der Waals surface area contributed by atoms with E-state index in [-0.39, 0.29) is 12.6 Å². The van der Waals surface area contributed by atoms with E-state index in [1.165, 1.54) is 0 Å². The highest BCUT2D eigenvalue weighted by molar-refractivity contribution is 5.15. The van der Waals surface area contributed by atoms with Crippen molar-refractivity contribution in [3.05, 3.63) is 0 Å². The zero-order valence-electron chi connectivity index (χ0n) is 10.3. The van der Waals surface area contributed by atoms with Crippen LogP contribution in [0.5, 0.6) is 0 Å². The van der Waals surface area contributed by atoms with Crippen LogP contribution in [-0.2, 0) is 0 Å². The third kappa shape index (κ3) is 1.90. The molecule has 100 valence electrons. The van der Waals surface area contributed by atoms with Gasteiger partial charge in [-0.2, -0.15) is 0 Å². The van der Waals surface area contributed by atoms with Gasteiger partial charge in [0, 0.05) is 6.04 Å². The first-order valence-corrected chi connectivity index (χ1v) is 6.48. The number of hydrogen-bond donors (Lipinski definition) is 4. The van der Waals surface area contributed by atoms with Gasteiger partial charge in [-0.1, -0.05) is 13.3 Å². The molecule has 2 bridgehead atoms. The standard InChI is InChI=1S/C12H23NO4/c1-2-3-4-13-9-5-8(15)6-12(13,7-14)11(17)10(9)16/h8-11,14-17H,2-7H2,1H3/t8-,9+,10+,11-,12+/m1/s1. The number of fused-ring (bicyclic) bond motifs is 2. The van der Waals surface area contributed by atoms with E-state index >= 15 is 0 Å². The Hall–Kier alpha value is -0.200. The summed E-state index contributed by atoms with van der Waals surface area (Å²) in [6.07, 6.45) is 0.429. The normalized spacial score (nSPS) is 46.4. The van der Waals surface area contributed by atoms with Crippen molar-refractivity contribution in [2.24, 2.45) is 0 Å². The lowest BCUT2D eigenvalue weighted by Crippen LogP contribution is -2.60. The molecule has 5 heteroatoms. The van der Waals surface area contributed by atoms with E-state index in [1.807, 2.05) is 4.90 Å². The lowest BCUT2D eigenvalue weighted by molar-refractivity contribution is -0.0811. The van der Waals surface area contributed by atoms with Gasteiger partial charge in [0.25, 0.3) is 0 Å². The minimum Gasteiger partial charge on any atom is -0.394 e. The Bertz CT molecular complexity index is 275. The summed E-state index contributed by atoms with van der Waals surface area (Å²) >= 11 is 0. The van der Waals surface area contributed by atoms with Crippen molar-refractivity contribution < 1.29 is 20.4 Å². The Morgan fingerprint density at radius 3 is 2.59 bits per heavy atom. The van der Waals surface area contributed by atoms with E-state index in [0.717, 1.165) is 19.4 Å². The summed E-state index contributed by atoms with van der Waals surface area (Å²) in [5, 5.41) is 39.6. The summed E-state index contributed by atoms with van der Waals surface area (Å²) in [5.41, 5.74) is -0.850. The summed E-state index contributed by atoms with van der Waals surface area (Å²) in [7, 11) is 0. The topological polar surface area (TPSA) is 84.2 Å². The quantitative estimate of drug-likeness (QED) is 0.515. The molecule has 0 unspecified atom stereocenters. The van der Waals surface area contributed by atoms with Gasteiger partial charge in [0.15, 0.2) is 0 Å². The molecule has 4 N–H and O–H groups in total. The lowest BCUT2D eigenvalue weighted by atomic mass is 9.85. The molecular weight excluding hydrogens is 222 g/mol. The molecular formula is C12H23NO4. The maximum atomic E-state index is 10.1. The smallest absolute Gasteiger partial charge is 0.102 e. The number of nitrogens with zero attached hydrogens (tertiary/aromatic N) is 1. The van der Waals surface area contributed by atoms with Gasteiger partial charge >= 0.3 is 0 Å². The van der Waals surface area contributed by atoms with E-state index in [0.29, 0.717) is 12.8 Å². The minimum absolute atomic E-state index is 0.220. The highest BCUT2D eigenvalue weighted by Gasteiger charge is 2.61. The molecule has 5 nitrogen and oxygen atoms in total. The van der Waals surface area contributed by atoms with Crippen molar-refractivity contribution in [1.82, 2.24) is 4.90 Å². The maximum absolute atomic E-state index is 10.1. The van der Waals surface area contributed by atoms with Gasteiger partial charge < -0.3 is 20.4 Å². The minimum atomic E-state index is -0.966. The molecule has 2 fully saturated rings. The van der Waals surface area contributed by atoms with Gasteiger partial charge in [-0.15, -0.1) is 0 Å². The molecule has 2 aliphatic rings. The molecule has 2 heterocycles. The molecule has 17 heavy (non-hydrogen) atoms. The number of aliphatic hydroxyl groups is 4. The van der Waals surface area contributed by atoms with Crippen molar-refractivity contribution in [1.29, 1.82) is 0 Å². The third-order valence-corrected chi connectivity index (χ3v) is 4.37. The van der Waals surface area contributed by atoms with E-state index in [2.05, 4.69) is 6.92 Å². The zero-order valence-corrected chi connectivity index (χ0v) is 10.3. The van der Waals surface area contributed by atoms with Gasteiger partial charge in [-0.05, 0) is 25.8 Å². The van der Waals surface area contributed by atoms with E-state index in [1.54, 1.807) is 0 Å².